The van der Waals surface area contributed by atoms with Gasteiger partial charge in [-0.1, -0.05) is 45.4 Å². The Kier molecular flexibility index (Phi) is 4.95. The molecule has 5 nitrogen and oxygen atoms in total. The minimum atomic E-state index is 0.00246. The highest BCUT2D eigenvalue weighted by atomic mass is 16.5. The highest BCUT2D eigenvalue weighted by Crippen LogP contribution is 2.31. The van der Waals surface area contributed by atoms with E-state index in [2.05, 4.69) is 36.4 Å². The lowest BCUT2D eigenvalue weighted by atomic mass is 9.94. The third-order valence-electron chi connectivity index (χ3n) is 4.56. The Labute approximate surface area is 149 Å². The molecule has 3 aromatic rings. The highest BCUT2D eigenvalue weighted by molar-refractivity contribution is 6.06. The van der Waals surface area contributed by atoms with Crippen molar-refractivity contribution in [3.05, 3.63) is 30.1 Å². The zero-order chi connectivity index (χ0) is 18.0. The third kappa shape index (κ3) is 3.47. The fourth-order valence-corrected chi connectivity index (χ4v) is 3.47. The van der Waals surface area contributed by atoms with Gasteiger partial charge in [-0.25, -0.2) is 9.97 Å². The molecule has 0 unspecified atom stereocenters. The highest BCUT2D eigenvalue weighted by Gasteiger charge is 2.24. The Bertz CT molecular complexity index is 882. The second-order valence-corrected chi connectivity index (χ2v) is 7.53. The van der Waals surface area contributed by atoms with Gasteiger partial charge < -0.3 is 15.0 Å². The molecule has 0 aliphatic heterocycles. The maximum absolute atomic E-state index is 6.24. The van der Waals surface area contributed by atoms with Gasteiger partial charge in [-0.05, 0) is 12.5 Å². The molecule has 2 N–H and O–H groups in total. The predicted octanol–water partition coefficient (Wildman–Crippen LogP) is 4.18. The van der Waals surface area contributed by atoms with Crippen LogP contribution in [0, 0.1) is 5.41 Å². The van der Waals surface area contributed by atoms with Crippen molar-refractivity contribution in [1.82, 2.24) is 14.5 Å². The van der Waals surface area contributed by atoms with Crippen LogP contribution >= 0.6 is 0 Å². The number of ether oxygens (including phenoxy) is 1. The number of methoxy groups -OCH3 is 1. The molecule has 1 aromatic carbocycles. The Morgan fingerprint density at radius 2 is 1.96 bits per heavy atom. The van der Waals surface area contributed by atoms with E-state index in [0.717, 1.165) is 53.6 Å². The van der Waals surface area contributed by atoms with E-state index < -0.39 is 0 Å². The summed E-state index contributed by atoms with van der Waals surface area (Å²) >= 11 is 0. The van der Waals surface area contributed by atoms with Crippen LogP contribution < -0.4 is 5.73 Å². The number of hydrogen-bond donors (Lipinski definition) is 1. The van der Waals surface area contributed by atoms with E-state index in [1.54, 1.807) is 7.11 Å². The molecule has 134 valence electrons. The number of benzene rings is 1. The summed E-state index contributed by atoms with van der Waals surface area (Å²) in [6.45, 7) is 8.17. The summed E-state index contributed by atoms with van der Waals surface area (Å²) in [7, 11) is 1.75. The first-order valence-electron chi connectivity index (χ1n) is 8.99. The summed E-state index contributed by atoms with van der Waals surface area (Å²) in [5.74, 6) is 1.60. The van der Waals surface area contributed by atoms with Crippen molar-refractivity contribution in [2.75, 3.05) is 19.5 Å². The second kappa shape index (κ2) is 7.00. The normalized spacial score (nSPS) is 12.3. The van der Waals surface area contributed by atoms with Crippen LogP contribution in [0.3, 0.4) is 0 Å². The zero-order valence-electron chi connectivity index (χ0n) is 15.7. The Morgan fingerprint density at radius 3 is 2.68 bits per heavy atom. The van der Waals surface area contributed by atoms with E-state index in [0.29, 0.717) is 12.4 Å². The van der Waals surface area contributed by atoms with Crippen LogP contribution in [-0.2, 0) is 17.7 Å². The van der Waals surface area contributed by atoms with Crippen molar-refractivity contribution in [2.45, 2.75) is 46.6 Å². The molecule has 25 heavy (non-hydrogen) atoms. The first-order valence-corrected chi connectivity index (χ1v) is 8.99. The van der Waals surface area contributed by atoms with E-state index in [1.807, 2.05) is 18.2 Å². The van der Waals surface area contributed by atoms with E-state index in [9.17, 15) is 0 Å². The van der Waals surface area contributed by atoms with Crippen LogP contribution in [0.5, 0.6) is 0 Å². The topological polar surface area (TPSA) is 66.0 Å². The number of aryl methyl sites for hydroxylation is 1. The number of pyridine rings is 1. The van der Waals surface area contributed by atoms with E-state index in [4.69, 9.17) is 15.5 Å². The summed E-state index contributed by atoms with van der Waals surface area (Å²) in [5.41, 5.74) is 9.08. The van der Waals surface area contributed by atoms with Gasteiger partial charge >= 0.3 is 0 Å². The van der Waals surface area contributed by atoms with Crippen LogP contribution in [0.1, 0.15) is 39.4 Å². The lowest BCUT2D eigenvalue weighted by Crippen LogP contribution is -2.26. The average molecular weight is 340 g/mol. The lowest BCUT2D eigenvalue weighted by molar-refractivity contribution is 0.0921. The van der Waals surface area contributed by atoms with Gasteiger partial charge in [0.25, 0.3) is 0 Å². The number of aromatic nitrogens is 3. The van der Waals surface area contributed by atoms with Gasteiger partial charge in [-0.2, -0.15) is 0 Å². The van der Waals surface area contributed by atoms with Gasteiger partial charge in [-0.3, -0.25) is 0 Å². The Hall–Kier alpha value is -2.14. The molecule has 0 fully saturated rings. The van der Waals surface area contributed by atoms with Crippen molar-refractivity contribution in [2.24, 2.45) is 5.41 Å². The minimum absolute atomic E-state index is 0.00246. The van der Waals surface area contributed by atoms with Gasteiger partial charge in [0.15, 0.2) is 5.82 Å². The predicted molar refractivity (Wildman–Crippen MR) is 104 cm³/mol. The Balaban J connectivity index is 2.25. The van der Waals surface area contributed by atoms with E-state index in [-0.39, 0.29) is 5.41 Å². The first-order chi connectivity index (χ1) is 12.0. The lowest BCUT2D eigenvalue weighted by Gasteiger charge is -2.26. The molecule has 0 aliphatic rings. The number of imidazole rings is 1. The molecule has 3 rings (SSSR count). The quantitative estimate of drug-likeness (QED) is 0.700. The molecule has 0 bridgehead atoms. The first kappa shape index (κ1) is 17.7. The second-order valence-electron chi connectivity index (χ2n) is 7.53. The van der Waals surface area contributed by atoms with Crippen molar-refractivity contribution < 1.29 is 4.74 Å². The molecule has 0 spiro atoms. The number of fused-ring (bicyclic) bond motifs is 3. The maximum Gasteiger partial charge on any atom is 0.152 e. The molecular weight excluding hydrogens is 312 g/mol. The molecule has 0 amide bonds. The molecular formula is C20H28N4O. The van der Waals surface area contributed by atoms with Crippen LogP contribution in [-0.4, -0.2) is 28.3 Å². The number of anilines is 1. The summed E-state index contributed by atoms with van der Waals surface area (Å²) < 4.78 is 7.77. The van der Waals surface area contributed by atoms with E-state index >= 15 is 0 Å². The summed E-state index contributed by atoms with van der Waals surface area (Å²) in [5, 5.41) is 1.11. The number of rotatable bonds is 7. The van der Waals surface area contributed by atoms with Gasteiger partial charge in [0.1, 0.15) is 11.3 Å². The van der Waals surface area contributed by atoms with Crippen molar-refractivity contribution in [3.8, 4) is 0 Å². The van der Waals surface area contributed by atoms with Crippen molar-refractivity contribution in [1.29, 1.82) is 0 Å². The van der Waals surface area contributed by atoms with Crippen LogP contribution in [0.25, 0.3) is 21.9 Å². The fourth-order valence-electron chi connectivity index (χ4n) is 3.47. The smallest absolute Gasteiger partial charge is 0.152 e. The number of unbranched alkanes of at least 4 members (excludes halogenated alkanes) is 1. The number of hydrogen-bond acceptors (Lipinski definition) is 4. The maximum atomic E-state index is 6.24. The van der Waals surface area contributed by atoms with Crippen LogP contribution in [0.15, 0.2) is 24.3 Å². The van der Waals surface area contributed by atoms with Crippen molar-refractivity contribution in [3.63, 3.8) is 0 Å². The van der Waals surface area contributed by atoms with Gasteiger partial charge in [-0.15, -0.1) is 0 Å². The molecule has 0 aliphatic carbocycles. The summed E-state index contributed by atoms with van der Waals surface area (Å²) in [4.78, 5) is 9.43. The van der Waals surface area contributed by atoms with Crippen molar-refractivity contribution >= 4 is 27.8 Å². The summed E-state index contributed by atoms with van der Waals surface area (Å²) in [6, 6.07) is 8.15. The minimum Gasteiger partial charge on any atom is -0.384 e. The SMILES string of the molecule is CCCCc1nc2c(N)nc3ccccc3c2n1CC(C)(C)COC. The average Bonchev–Trinajstić information content (AvgIpc) is 2.91. The van der Waals surface area contributed by atoms with Gasteiger partial charge in [0, 0.05) is 30.9 Å². The number of nitrogen functional groups attached to an aromatic ring is 1. The standard InChI is InChI=1S/C20H28N4O/c1-5-6-11-16-23-17-18(24(16)12-20(2,3)13-25-4)14-9-7-8-10-15(14)22-19(17)21/h7-10H,5-6,11-13H2,1-4H3,(H2,21,22). The fraction of sp³-hybridized carbons (Fsp3) is 0.500. The van der Waals surface area contributed by atoms with Crippen LogP contribution in [0.2, 0.25) is 0 Å². The molecule has 0 radical (unpaired) electrons. The van der Waals surface area contributed by atoms with Gasteiger partial charge in [0.2, 0.25) is 0 Å². The van der Waals surface area contributed by atoms with Crippen LogP contribution in [0.4, 0.5) is 5.82 Å². The molecule has 0 atom stereocenters. The number of para-hydroxylation sites is 1. The number of nitrogens with zero attached hydrogens (tertiary/aromatic N) is 3. The Morgan fingerprint density at radius 1 is 1.20 bits per heavy atom. The molecule has 0 saturated carbocycles. The molecule has 2 aromatic heterocycles. The zero-order valence-corrected chi connectivity index (χ0v) is 15.7. The molecule has 0 saturated heterocycles. The molecule has 2 heterocycles. The largest absolute Gasteiger partial charge is 0.384 e. The number of nitrogens with two attached hydrogens (primary N) is 1. The van der Waals surface area contributed by atoms with E-state index in [1.165, 1.54) is 0 Å². The molecule has 5 heteroatoms. The summed E-state index contributed by atoms with van der Waals surface area (Å²) in [6.07, 6.45) is 3.19. The third-order valence-corrected chi connectivity index (χ3v) is 4.56. The monoisotopic (exact) mass is 340 g/mol. The van der Waals surface area contributed by atoms with Gasteiger partial charge in [0.05, 0.1) is 17.6 Å².